The van der Waals surface area contributed by atoms with Crippen molar-refractivity contribution in [2.75, 3.05) is 0 Å². The van der Waals surface area contributed by atoms with Crippen LogP contribution in [0.25, 0.3) is 22.6 Å². The fourth-order valence-corrected chi connectivity index (χ4v) is 1.93. The number of nitrogens with zero attached hydrogens (tertiary/aromatic N) is 1. The van der Waals surface area contributed by atoms with E-state index in [0.29, 0.717) is 0 Å². The largest absolute Gasteiger partial charge is 0.478 e. The van der Waals surface area contributed by atoms with Crippen LogP contribution in [0, 0.1) is 11.6 Å². The van der Waals surface area contributed by atoms with Crippen molar-refractivity contribution in [2.24, 2.45) is 0 Å². The van der Waals surface area contributed by atoms with Crippen molar-refractivity contribution in [2.45, 2.75) is 0 Å². The first-order valence-corrected chi connectivity index (χ1v) is 5.65. The summed E-state index contributed by atoms with van der Waals surface area (Å²) < 4.78 is 32.6. The number of fused-ring (bicyclic) bond motifs is 1. The van der Waals surface area contributed by atoms with E-state index in [4.69, 9.17) is 9.52 Å². The van der Waals surface area contributed by atoms with Gasteiger partial charge in [0.1, 0.15) is 28.3 Å². The predicted molar refractivity (Wildman–Crippen MR) is 66.3 cm³/mol. The molecule has 0 aliphatic rings. The van der Waals surface area contributed by atoms with Crippen LogP contribution in [0.3, 0.4) is 0 Å². The Hall–Kier alpha value is -2.76. The summed E-state index contributed by atoms with van der Waals surface area (Å²) in [6.45, 7) is 0. The zero-order valence-corrected chi connectivity index (χ0v) is 9.93. The van der Waals surface area contributed by atoms with E-state index >= 15 is 0 Å². The first-order valence-electron chi connectivity index (χ1n) is 5.65. The molecule has 0 atom stereocenters. The number of aromatic nitrogens is 1. The monoisotopic (exact) mass is 275 g/mol. The molecule has 0 aliphatic heterocycles. The summed E-state index contributed by atoms with van der Waals surface area (Å²) in [5, 5.41) is 9.04. The maximum atomic E-state index is 13.7. The van der Waals surface area contributed by atoms with Gasteiger partial charge in [-0.05, 0) is 24.3 Å². The number of halogens is 2. The molecule has 3 aromatic rings. The number of carboxylic acids is 1. The average molecular weight is 275 g/mol. The summed E-state index contributed by atoms with van der Waals surface area (Å²) in [4.78, 5) is 15.0. The van der Waals surface area contributed by atoms with Crippen LogP contribution in [0.5, 0.6) is 0 Å². The Labute approximate surface area is 111 Å². The first-order chi connectivity index (χ1) is 9.58. The summed E-state index contributed by atoms with van der Waals surface area (Å²) in [5.41, 5.74) is -0.321. The molecule has 0 aliphatic carbocycles. The molecule has 0 amide bonds. The van der Waals surface area contributed by atoms with Gasteiger partial charge in [-0.3, -0.25) is 0 Å². The van der Waals surface area contributed by atoms with Gasteiger partial charge in [-0.25, -0.2) is 18.6 Å². The molecule has 0 unspecified atom stereocenters. The molecule has 6 heteroatoms. The molecule has 2 aromatic carbocycles. The molecule has 1 N–H and O–H groups in total. The lowest BCUT2D eigenvalue weighted by Gasteiger charge is -1.99. The molecular formula is C14H7F2NO3. The molecule has 0 spiro atoms. The highest BCUT2D eigenvalue weighted by Gasteiger charge is 2.20. The van der Waals surface area contributed by atoms with E-state index in [-0.39, 0.29) is 22.6 Å². The van der Waals surface area contributed by atoms with Crippen molar-refractivity contribution >= 4 is 17.1 Å². The topological polar surface area (TPSA) is 63.3 Å². The fourth-order valence-electron chi connectivity index (χ4n) is 1.93. The van der Waals surface area contributed by atoms with Crippen molar-refractivity contribution in [1.82, 2.24) is 4.98 Å². The van der Waals surface area contributed by atoms with Crippen LogP contribution in [0.4, 0.5) is 8.78 Å². The van der Waals surface area contributed by atoms with E-state index in [1.165, 1.54) is 24.3 Å². The third-order valence-electron chi connectivity index (χ3n) is 2.82. The van der Waals surface area contributed by atoms with Gasteiger partial charge >= 0.3 is 5.97 Å². The van der Waals surface area contributed by atoms with Gasteiger partial charge in [0.2, 0.25) is 5.89 Å². The van der Waals surface area contributed by atoms with Gasteiger partial charge in [0.15, 0.2) is 5.58 Å². The zero-order chi connectivity index (χ0) is 14.3. The minimum Gasteiger partial charge on any atom is -0.478 e. The standard InChI is InChI=1S/C14H7F2NO3/c15-8-4-2-5-9(16)11(8)13-17-10-6-1-3-7(14(18)19)12(10)20-13/h1-6H,(H,18,19). The molecule has 4 nitrogen and oxygen atoms in total. The van der Waals surface area contributed by atoms with Crippen molar-refractivity contribution in [3.05, 3.63) is 53.6 Å². The second kappa shape index (κ2) is 4.41. The fraction of sp³-hybridized carbons (Fsp3) is 0. The molecule has 3 rings (SSSR count). The van der Waals surface area contributed by atoms with Gasteiger partial charge in [-0.2, -0.15) is 0 Å². The predicted octanol–water partition coefficient (Wildman–Crippen LogP) is 3.47. The van der Waals surface area contributed by atoms with Crippen LogP contribution >= 0.6 is 0 Å². The van der Waals surface area contributed by atoms with Crippen molar-refractivity contribution in [3.63, 3.8) is 0 Å². The van der Waals surface area contributed by atoms with Crippen molar-refractivity contribution < 1.29 is 23.1 Å². The van der Waals surface area contributed by atoms with Gasteiger partial charge in [0.05, 0.1) is 0 Å². The highest BCUT2D eigenvalue weighted by atomic mass is 19.1. The number of carbonyl (C=O) groups is 1. The lowest BCUT2D eigenvalue weighted by atomic mass is 10.2. The Morgan fingerprint density at radius 2 is 1.75 bits per heavy atom. The quantitative estimate of drug-likeness (QED) is 0.777. The number of hydrogen-bond acceptors (Lipinski definition) is 3. The van der Waals surface area contributed by atoms with Crippen molar-refractivity contribution in [1.29, 1.82) is 0 Å². The minimum absolute atomic E-state index is 0.0161. The highest BCUT2D eigenvalue weighted by Crippen LogP contribution is 2.30. The maximum absolute atomic E-state index is 13.7. The Morgan fingerprint density at radius 1 is 1.10 bits per heavy atom. The van der Waals surface area contributed by atoms with Gasteiger partial charge in [0, 0.05) is 0 Å². The molecule has 0 bridgehead atoms. The summed E-state index contributed by atoms with van der Waals surface area (Å²) in [6, 6.07) is 7.69. The number of carboxylic acid groups (broad SMARTS) is 1. The molecule has 100 valence electrons. The Balaban J connectivity index is 2.29. The molecule has 1 heterocycles. The van der Waals surface area contributed by atoms with E-state index < -0.39 is 23.2 Å². The zero-order valence-electron chi connectivity index (χ0n) is 9.93. The molecule has 0 saturated carbocycles. The lowest BCUT2D eigenvalue weighted by molar-refractivity contribution is 0.0698. The Kier molecular flexibility index (Phi) is 2.71. The first kappa shape index (κ1) is 12.3. The van der Waals surface area contributed by atoms with E-state index in [2.05, 4.69) is 4.98 Å². The maximum Gasteiger partial charge on any atom is 0.339 e. The molecule has 0 fully saturated rings. The van der Waals surface area contributed by atoms with Gasteiger partial charge in [-0.1, -0.05) is 12.1 Å². The van der Waals surface area contributed by atoms with Crippen LogP contribution in [0.15, 0.2) is 40.8 Å². The normalized spacial score (nSPS) is 10.9. The van der Waals surface area contributed by atoms with E-state index in [1.54, 1.807) is 0 Å². The third kappa shape index (κ3) is 1.82. The molecule has 20 heavy (non-hydrogen) atoms. The lowest BCUT2D eigenvalue weighted by Crippen LogP contribution is -1.95. The Morgan fingerprint density at radius 3 is 2.40 bits per heavy atom. The van der Waals surface area contributed by atoms with Crippen LogP contribution in [0.2, 0.25) is 0 Å². The van der Waals surface area contributed by atoms with Crippen LogP contribution < -0.4 is 0 Å². The second-order valence-electron chi connectivity index (χ2n) is 4.07. The Bertz CT molecular complexity index is 806. The van der Waals surface area contributed by atoms with Crippen molar-refractivity contribution in [3.8, 4) is 11.5 Å². The number of rotatable bonds is 2. The third-order valence-corrected chi connectivity index (χ3v) is 2.82. The highest BCUT2D eigenvalue weighted by molar-refractivity contribution is 6.00. The number of hydrogen-bond donors (Lipinski definition) is 1. The molecular weight excluding hydrogens is 268 g/mol. The summed E-state index contributed by atoms with van der Waals surface area (Å²) in [5.74, 6) is -3.14. The van der Waals surface area contributed by atoms with Crippen LogP contribution in [-0.4, -0.2) is 16.1 Å². The van der Waals surface area contributed by atoms with E-state index in [9.17, 15) is 13.6 Å². The molecule has 0 saturated heterocycles. The average Bonchev–Trinajstić information content (AvgIpc) is 2.81. The summed E-state index contributed by atoms with van der Waals surface area (Å²) in [6.07, 6.45) is 0. The number of benzene rings is 2. The smallest absolute Gasteiger partial charge is 0.339 e. The minimum atomic E-state index is -1.20. The van der Waals surface area contributed by atoms with E-state index in [0.717, 1.165) is 12.1 Å². The van der Waals surface area contributed by atoms with Crippen LogP contribution in [0.1, 0.15) is 10.4 Å². The van der Waals surface area contributed by atoms with Gasteiger partial charge in [0.25, 0.3) is 0 Å². The van der Waals surface area contributed by atoms with Crippen LogP contribution in [-0.2, 0) is 0 Å². The van der Waals surface area contributed by atoms with Gasteiger partial charge < -0.3 is 9.52 Å². The second-order valence-corrected chi connectivity index (χ2v) is 4.07. The summed E-state index contributed by atoms with van der Waals surface area (Å²) >= 11 is 0. The number of oxazole rings is 1. The number of aromatic carboxylic acids is 1. The SMILES string of the molecule is O=C(O)c1cccc2nc(-c3c(F)cccc3F)oc12. The van der Waals surface area contributed by atoms with E-state index in [1.807, 2.05) is 0 Å². The summed E-state index contributed by atoms with van der Waals surface area (Å²) in [7, 11) is 0. The molecule has 1 aromatic heterocycles. The van der Waals surface area contributed by atoms with Gasteiger partial charge in [-0.15, -0.1) is 0 Å². The number of para-hydroxylation sites is 1. The molecule has 0 radical (unpaired) electrons.